The standard InChI is InChI=1S/C29H37N5O7.BrH/c1-7-40-22-10-17-11-34(27(30)24(17)32-25(22)28(38)31-5)13-21(35)16-8-19(29(2,3)4)26-20(9-16)33(6)12-18(41-26)14-39-15-23(36)37;/h8-10,18,30H,7,11-15H2,1-6H3,(H,31,38)(H,36,37);1H. The maximum Gasteiger partial charge on any atom is 0.329 e. The van der Waals surface area contributed by atoms with Gasteiger partial charge in [-0.15, -0.1) is 17.0 Å². The minimum Gasteiger partial charge on any atom is -0.491 e. The second-order valence-electron chi connectivity index (χ2n) is 11.1. The van der Waals surface area contributed by atoms with Crippen molar-refractivity contribution in [2.24, 2.45) is 0 Å². The van der Waals surface area contributed by atoms with Gasteiger partial charge in [-0.3, -0.25) is 15.0 Å². The van der Waals surface area contributed by atoms with Crippen molar-refractivity contribution >= 4 is 46.2 Å². The molecule has 3 N–H and O–H groups in total. The number of likely N-dealkylation sites (N-methyl/N-ethyl adjacent to an activating group) is 1. The number of ether oxygens (including phenoxy) is 3. The summed E-state index contributed by atoms with van der Waals surface area (Å²) in [4.78, 5) is 44.9. The zero-order valence-electron chi connectivity index (χ0n) is 24.7. The molecule has 3 heterocycles. The molecule has 1 atom stereocenters. The molecule has 0 saturated carbocycles. The number of aliphatic carboxylic acids is 1. The fourth-order valence-electron chi connectivity index (χ4n) is 4.95. The van der Waals surface area contributed by atoms with Crippen LogP contribution in [0.1, 0.15) is 65.4 Å². The van der Waals surface area contributed by atoms with Crippen LogP contribution in [0.4, 0.5) is 5.69 Å². The van der Waals surface area contributed by atoms with E-state index in [9.17, 15) is 14.4 Å². The molecule has 2 aromatic rings. The highest BCUT2D eigenvalue weighted by atomic mass is 79.9. The van der Waals surface area contributed by atoms with Crippen molar-refractivity contribution in [1.29, 1.82) is 5.41 Å². The number of amides is 1. The van der Waals surface area contributed by atoms with E-state index >= 15 is 0 Å². The topological polar surface area (TPSA) is 154 Å². The van der Waals surface area contributed by atoms with Crippen LogP contribution in [0.3, 0.4) is 0 Å². The summed E-state index contributed by atoms with van der Waals surface area (Å²) in [5.74, 6) is -0.579. The Labute approximate surface area is 255 Å². The van der Waals surface area contributed by atoms with Gasteiger partial charge in [0.15, 0.2) is 17.2 Å². The minimum atomic E-state index is -1.04. The molecule has 2 aliphatic heterocycles. The molecule has 13 heteroatoms. The number of nitrogens with zero attached hydrogens (tertiary/aromatic N) is 3. The third-order valence-electron chi connectivity index (χ3n) is 6.95. The number of carbonyl (C=O) groups excluding carboxylic acids is 2. The van der Waals surface area contributed by atoms with E-state index in [4.69, 9.17) is 24.7 Å². The van der Waals surface area contributed by atoms with Gasteiger partial charge in [0.05, 0.1) is 32.0 Å². The highest BCUT2D eigenvalue weighted by Gasteiger charge is 2.34. The average molecular weight is 649 g/mol. The molecule has 228 valence electrons. The van der Waals surface area contributed by atoms with E-state index in [1.165, 1.54) is 7.05 Å². The third kappa shape index (κ3) is 6.84. The molecule has 0 bridgehead atoms. The number of fused-ring (bicyclic) bond motifs is 2. The van der Waals surface area contributed by atoms with E-state index in [0.29, 0.717) is 48.0 Å². The molecule has 0 fully saturated rings. The van der Waals surface area contributed by atoms with E-state index in [2.05, 4.69) is 10.3 Å². The third-order valence-corrected chi connectivity index (χ3v) is 6.95. The van der Waals surface area contributed by atoms with Crippen molar-refractivity contribution in [2.45, 2.75) is 45.8 Å². The predicted molar refractivity (Wildman–Crippen MR) is 162 cm³/mol. The molecule has 4 rings (SSSR count). The van der Waals surface area contributed by atoms with E-state index in [1.54, 1.807) is 17.0 Å². The zero-order chi connectivity index (χ0) is 30.1. The smallest absolute Gasteiger partial charge is 0.329 e. The van der Waals surface area contributed by atoms with Crippen LogP contribution in [0.5, 0.6) is 11.5 Å². The average Bonchev–Trinajstić information content (AvgIpc) is 3.20. The first-order valence-electron chi connectivity index (χ1n) is 13.5. The quantitative estimate of drug-likeness (QED) is 0.328. The summed E-state index contributed by atoms with van der Waals surface area (Å²) in [6.07, 6.45) is -0.369. The van der Waals surface area contributed by atoms with Crippen molar-refractivity contribution in [1.82, 2.24) is 15.2 Å². The Morgan fingerprint density at radius 2 is 1.95 bits per heavy atom. The summed E-state index contributed by atoms with van der Waals surface area (Å²) in [6, 6.07) is 5.34. The summed E-state index contributed by atoms with van der Waals surface area (Å²) >= 11 is 0. The lowest BCUT2D eigenvalue weighted by molar-refractivity contribution is -0.143. The Bertz CT molecular complexity index is 1390. The lowest BCUT2D eigenvalue weighted by Gasteiger charge is -2.37. The van der Waals surface area contributed by atoms with E-state index in [0.717, 1.165) is 11.3 Å². The highest BCUT2D eigenvalue weighted by molar-refractivity contribution is 8.93. The van der Waals surface area contributed by atoms with Crippen molar-refractivity contribution in [3.8, 4) is 11.5 Å². The lowest BCUT2D eigenvalue weighted by Crippen LogP contribution is -2.42. The molecule has 1 unspecified atom stereocenters. The molecule has 0 radical (unpaired) electrons. The normalized spacial score (nSPS) is 15.8. The number of rotatable bonds is 10. The Hall–Kier alpha value is -3.71. The minimum absolute atomic E-state index is 0. The fraction of sp³-hybridized carbons (Fsp3) is 0.483. The van der Waals surface area contributed by atoms with E-state index in [-0.39, 0.29) is 59.0 Å². The van der Waals surface area contributed by atoms with Gasteiger partial charge < -0.3 is 34.4 Å². The van der Waals surface area contributed by atoms with Gasteiger partial charge in [0, 0.05) is 37.3 Å². The maximum atomic E-state index is 13.6. The van der Waals surface area contributed by atoms with Gasteiger partial charge in [0.1, 0.15) is 30.0 Å². The number of benzene rings is 1. The summed E-state index contributed by atoms with van der Waals surface area (Å²) in [7, 11) is 3.40. The molecule has 0 saturated heterocycles. The van der Waals surface area contributed by atoms with Crippen LogP contribution in [0.2, 0.25) is 0 Å². The molecule has 1 aromatic heterocycles. The van der Waals surface area contributed by atoms with Gasteiger partial charge in [-0.1, -0.05) is 20.8 Å². The molecule has 2 aliphatic rings. The number of carbonyl (C=O) groups is 3. The number of carboxylic acid groups (broad SMARTS) is 1. The first-order chi connectivity index (χ1) is 19.3. The summed E-state index contributed by atoms with van der Waals surface area (Å²) in [6.45, 7) is 8.68. The molecule has 12 nitrogen and oxygen atoms in total. The fourth-order valence-corrected chi connectivity index (χ4v) is 4.95. The van der Waals surface area contributed by atoms with Crippen LogP contribution >= 0.6 is 17.0 Å². The van der Waals surface area contributed by atoms with Crippen molar-refractivity contribution < 1.29 is 33.7 Å². The van der Waals surface area contributed by atoms with Crippen LogP contribution in [0.15, 0.2) is 18.2 Å². The molecule has 0 spiro atoms. The Kier molecular flexibility index (Phi) is 10.2. The van der Waals surface area contributed by atoms with Crippen LogP contribution in [-0.2, 0) is 21.5 Å². The van der Waals surface area contributed by atoms with Gasteiger partial charge >= 0.3 is 5.97 Å². The second-order valence-corrected chi connectivity index (χ2v) is 11.1. The van der Waals surface area contributed by atoms with Gasteiger partial charge in [-0.05, 0) is 30.5 Å². The Morgan fingerprint density at radius 1 is 1.24 bits per heavy atom. The number of hydrogen-bond acceptors (Lipinski definition) is 9. The Balaban J connectivity index is 0.00000484. The molecular formula is C29H38BrN5O7. The predicted octanol–water partition coefficient (Wildman–Crippen LogP) is 3.04. The second kappa shape index (κ2) is 13.1. The summed E-state index contributed by atoms with van der Waals surface area (Å²) < 4.78 is 17.2. The number of Topliss-reactive ketones (excluding diaryl/α,β-unsaturated/α-hetero) is 1. The van der Waals surface area contributed by atoms with Crippen molar-refractivity contribution in [2.75, 3.05) is 51.9 Å². The summed E-state index contributed by atoms with van der Waals surface area (Å²) in [5, 5.41) is 20.1. The highest BCUT2D eigenvalue weighted by Crippen LogP contribution is 2.43. The van der Waals surface area contributed by atoms with Gasteiger partial charge in [0.2, 0.25) is 0 Å². The number of ketones is 1. The van der Waals surface area contributed by atoms with E-state index < -0.39 is 18.5 Å². The van der Waals surface area contributed by atoms with Gasteiger partial charge in [-0.2, -0.15) is 0 Å². The van der Waals surface area contributed by atoms with Crippen LogP contribution < -0.4 is 19.7 Å². The number of halogens is 1. The van der Waals surface area contributed by atoms with Crippen molar-refractivity contribution in [3.63, 3.8) is 0 Å². The first kappa shape index (κ1) is 32.8. The van der Waals surface area contributed by atoms with Gasteiger partial charge in [0.25, 0.3) is 5.91 Å². The van der Waals surface area contributed by atoms with Crippen molar-refractivity contribution in [3.05, 3.63) is 46.3 Å². The number of amidine groups is 1. The number of pyridine rings is 1. The maximum absolute atomic E-state index is 13.6. The monoisotopic (exact) mass is 647 g/mol. The molecule has 42 heavy (non-hydrogen) atoms. The molecule has 0 aliphatic carbocycles. The number of anilines is 1. The molecular weight excluding hydrogens is 610 g/mol. The SMILES string of the molecule is Br.CCOc1cc2c(nc1C(=O)NC)C(=N)N(CC(=O)c1cc3c(c(C(C)(C)C)c1)OC(COCC(=O)O)CN3C)C2. The number of hydrogen-bond donors (Lipinski definition) is 3. The zero-order valence-corrected chi connectivity index (χ0v) is 26.4. The van der Waals surface area contributed by atoms with Crippen LogP contribution in [-0.4, -0.2) is 91.6 Å². The van der Waals surface area contributed by atoms with E-state index in [1.807, 2.05) is 45.7 Å². The van der Waals surface area contributed by atoms with Crippen LogP contribution in [0.25, 0.3) is 0 Å². The van der Waals surface area contributed by atoms with Gasteiger partial charge in [-0.25, -0.2) is 9.78 Å². The first-order valence-corrected chi connectivity index (χ1v) is 13.5. The van der Waals surface area contributed by atoms with Crippen LogP contribution in [0, 0.1) is 5.41 Å². The molecule has 1 amide bonds. The molecule has 1 aromatic carbocycles. The lowest BCUT2D eigenvalue weighted by atomic mass is 9.84. The largest absolute Gasteiger partial charge is 0.491 e. The summed E-state index contributed by atoms with van der Waals surface area (Å²) in [5.41, 5.74) is 2.89. The Morgan fingerprint density at radius 3 is 2.57 bits per heavy atom. The number of aromatic nitrogens is 1. The number of carboxylic acids is 1. The number of nitrogens with one attached hydrogen (secondary N) is 2.